The van der Waals surface area contributed by atoms with E-state index in [1.807, 2.05) is 30.3 Å². The van der Waals surface area contributed by atoms with E-state index in [1.54, 1.807) is 0 Å². The van der Waals surface area contributed by atoms with Crippen molar-refractivity contribution in [1.82, 2.24) is 0 Å². The Balaban J connectivity index is 1.87. The molecule has 0 saturated carbocycles. The van der Waals surface area contributed by atoms with Gasteiger partial charge in [0.1, 0.15) is 0 Å². The second-order valence-corrected chi connectivity index (χ2v) is 5.46. The van der Waals surface area contributed by atoms with Crippen LogP contribution in [-0.2, 0) is 28.9 Å². The summed E-state index contributed by atoms with van der Waals surface area (Å²) in [5.74, 6) is -0.421. The van der Waals surface area contributed by atoms with E-state index >= 15 is 0 Å². The molecule has 0 spiro atoms. The van der Waals surface area contributed by atoms with Crippen LogP contribution in [0.5, 0.6) is 0 Å². The van der Waals surface area contributed by atoms with Gasteiger partial charge in [0.05, 0.1) is 25.2 Å². The normalized spacial score (nSPS) is 11.4. The van der Waals surface area contributed by atoms with Gasteiger partial charge in [0.2, 0.25) is 5.91 Å². The maximum atomic E-state index is 12.9. The van der Waals surface area contributed by atoms with Crippen LogP contribution in [0.2, 0.25) is 0 Å². The van der Waals surface area contributed by atoms with Crippen molar-refractivity contribution in [3.05, 3.63) is 65.2 Å². The summed E-state index contributed by atoms with van der Waals surface area (Å²) in [4.78, 5) is 11.9. The number of carbonyl (C=O) groups is 1. The number of anilines is 1. The second-order valence-electron chi connectivity index (χ2n) is 5.46. The Morgan fingerprint density at radius 3 is 2.44 bits per heavy atom. The molecule has 0 aliphatic heterocycles. The first-order valence-electron chi connectivity index (χ1n) is 7.71. The molecule has 2 aromatic carbocycles. The van der Waals surface area contributed by atoms with Crippen LogP contribution in [-0.4, -0.2) is 12.5 Å². The molecule has 0 atom stereocenters. The Hall–Kier alpha value is -2.38. The Bertz CT molecular complexity index is 703. The van der Waals surface area contributed by atoms with E-state index in [-0.39, 0.29) is 25.3 Å². The largest absolute Gasteiger partial charge is 0.416 e. The van der Waals surface area contributed by atoms with E-state index in [0.29, 0.717) is 12.2 Å². The number of hydrogen-bond donors (Lipinski definition) is 2. The first kappa shape index (κ1) is 19.0. The van der Waals surface area contributed by atoms with Crippen molar-refractivity contribution in [1.29, 1.82) is 0 Å². The molecule has 0 radical (unpaired) electrons. The van der Waals surface area contributed by atoms with Crippen molar-refractivity contribution in [3.63, 3.8) is 0 Å². The van der Waals surface area contributed by atoms with E-state index in [9.17, 15) is 18.0 Å². The Kier molecular flexibility index (Phi) is 6.55. The van der Waals surface area contributed by atoms with Gasteiger partial charge < -0.3 is 15.8 Å². The summed E-state index contributed by atoms with van der Waals surface area (Å²) >= 11 is 0. The fourth-order valence-corrected chi connectivity index (χ4v) is 2.20. The minimum Gasteiger partial charge on any atom is -0.376 e. The standard InChI is InChI=1S/C18H19F3N2O2/c19-18(20,21)15-8-14(11-22)9-16(10-15)23-17(24)6-7-25-12-13-4-2-1-3-5-13/h1-5,8-10H,6-7,11-12,22H2,(H,23,24). The van der Waals surface area contributed by atoms with Gasteiger partial charge in [-0.1, -0.05) is 30.3 Å². The molecule has 0 heterocycles. The van der Waals surface area contributed by atoms with Crippen LogP contribution in [0.15, 0.2) is 48.5 Å². The van der Waals surface area contributed by atoms with Gasteiger partial charge in [-0.2, -0.15) is 13.2 Å². The van der Waals surface area contributed by atoms with Crippen molar-refractivity contribution >= 4 is 11.6 Å². The molecular formula is C18H19F3N2O2. The number of ether oxygens (including phenoxy) is 1. The molecule has 0 aromatic heterocycles. The van der Waals surface area contributed by atoms with E-state index in [2.05, 4.69) is 5.32 Å². The predicted octanol–water partition coefficient (Wildman–Crippen LogP) is 3.71. The zero-order valence-corrected chi connectivity index (χ0v) is 13.5. The van der Waals surface area contributed by atoms with E-state index < -0.39 is 17.6 Å². The van der Waals surface area contributed by atoms with Gasteiger partial charge in [-0.3, -0.25) is 4.79 Å². The topological polar surface area (TPSA) is 64.3 Å². The number of nitrogens with one attached hydrogen (secondary N) is 1. The molecule has 2 aromatic rings. The van der Waals surface area contributed by atoms with Crippen molar-refractivity contribution in [2.24, 2.45) is 5.73 Å². The van der Waals surface area contributed by atoms with E-state index in [4.69, 9.17) is 10.5 Å². The van der Waals surface area contributed by atoms with Crippen LogP contribution in [0, 0.1) is 0 Å². The maximum absolute atomic E-state index is 12.9. The predicted molar refractivity (Wildman–Crippen MR) is 88.7 cm³/mol. The first-order chi connectivity index (χ1) is 11.9. The van der Waals surface area contributed by atoms with E-state index in [0.717, 1.165) is 17.7 Å². The van der Waals surface area contributed by atoms with Crippen LogP contribution in [0.1, 0.15) is 23.1 Å². The summed E-state index contributed by atoms with van der Waals surface area (Å²) in [7, 11) is 0. The highest BCUT2D eigenvalue weighted by Gasteiger charge is 2.31. The minimum atomic E-state index is -4.50. The minimum absolute atomic E-state index is 0.0427. The fourth-order valence-electron chi connectivity index (χ4n) is 2.20. The van der Waals surface area contributed by atoms with Crippen LogP contribution in [0.4, 0.5) is 18.9 Å². The van der Waals surface area contributed by atoms with Gasteiger partial charge in [-0.05, 0) is 29.3 Å². The number of amides is 1. The molecule has 2 rings (SSSR count). The molecule has 134 valence electrons. The molecule has 0 saturated heterocycles. The molecule has 0 bridgehead atoms. The highest BCUT2D eigenvalue weighted by atomic mass is 19.4. The summed E-state index contributed by atoms with van der Waals surface area (Å²) < 4.78 is 44.0. The summed E-state index contributed by atoms with van der Waals surface area (Å²) in [6.45, 7) is 0.491. The molecule has 25 heavy (non-hydrogen) atoms. The number of benzene rings is 2. The molecule has 7 heteroatoms. The SMILES string of the molecule is NCc1cc(NC(=O)CCOCc2ccccc2)cc(C(F)(F)F)c1. The molecule has 0 aliphatic rings. The molecule has 4 nitrogen and oxygen atoms in total. The number of halogens is 3. The third-order valence-corrected chi connectivity index (χ3v) is 3.42. The van der Waals surface area contributed by atoms with E-state index in [1.165, 1.54) is 6.07 Å². The lowest BCUT2D eigenvalue weighted by atomic mass is 10.1. The van der Waals surface area contributed by atoms with Gasteiger partial charge in [0.15, 0.2) is 0 Å². The number of hydrogen-bond acceptors (Lipinski definition) is 3. The summed E-state index contributed by atoms with van der Waals surface area (Å²) in [5, 5.41) is 2.45. The lowest BCUT2D eigenvalue weighted by molar-refractivity contribution is -0.137. The quantitative estimate of drug-likeness (QED) is 0.747. The Morgan fingerprint density at radius 2 is 1.80 bits per heavy atom. The third-order valence-electron chi connectivity index (χ3n) is 3.42. The smallest absolute Gasteiger partial charge is 0.376 e. The monoisotopic (exact) mass is 352 g/mol. The average Bonchev–Trinajstić information content (AvgIpc) is 2.58. The van der Waals surface area contributed by atoms with Crippen molar-refractivity contribution in [3.8, 4) is 0 Å². The molecule has 0 unspecified atom stereocenters. The lowest BCUT2D eigenvalue weighted by Crippen LogP contribution is -2.16. The summed E-state index contributed by atoms with van der Waals surface area (Å²) in [6.07, 6.45) is -4.45. The second kappa shape index (κ2) is 8.64. The van der Waals surface area contributed by atoms with Gasteiger partial charge in [0, 0.05) is 12.2 Å². The van der Waals surface area contributed by atoms with Gasteiger partial charge in [-0.25, -0.2) is 0 Å². The summed E-state index contributed by atoms with van der Waals surface area (Å²) in [5.41, 5.74) is 5.92. The van der Waals surface area contributed by atoms with Gasteiger partial charge >= 0.3 is 6.18 Å². The fraction of sp³-hybridized carbons (Fsp3) is 0.278. The molecule has 3 N–H and O–H groups in total. The lowest BCUT2D eigenvalue weighted by Gasteiger charge is -2.12. The molecule has 1 amide bonds. The van der Waals surface area contributed by atoms with Gasteiger partial charge in [-0.15, -0.1) is 0 Å². The highest BCUT2D eigenvalue weighted by molar-refractivity contribution is 5.91. The van der Waals surface area contributed by atoms with Crippen molar-refractivity contribution in [2.75, 3.05) is 11.9 Å². The number of alkyl halides is 3. The Morgan fingerprint density at radius 1 is 1.08 bits per heavy atom. The number of nitrogens with two attached hydrogens (primary N) is 1. The molecule has 0 fully saturated rings. The van der Waals surface area contributed by atoms with Crippen LogP contribution in [0.25, 0.3) is 0 Å². The highest BCUT2D eigenvalue weighted by Crippen LogP contribution is 2.32. The average molecular weight is 352 g/mol. The zero-order chi connectivity index (χ0) is 18.3. The van der Waals surface area contributed by atoms with Crippen LogP contribution < -0.4 is 11.1 Å². The number of rotatable bonds is 7. The van der Waals surface area contributed by atoms with Crippen molar-refractivity contribution in [2.45, 2.75) is 25.7 Å². The maximum Gasteiger partial charge on any atom is 0.416 e. The number of carbonyl (C=O) groups excluding carboxylic acids is 1. The summed E-state index contributed by atoms with van der Waals surface area (Å²) in [6, 6.07) is 12.7. The zero-order valence-electron chi connectivity index (χ0n) is 13.5. The molecule has 0 aliphatic carbocycles. The Labute approximate surface area is 143 Å². The van der Waals surface area contributed by atoms with Crippen LogP contribution in [0.3, 0.4) is 0 Å². The third kappa shape index (κ3) is 6.21. The van der Waals surface area contributed by atoms with Gasteiger partial charge in [0.25, 0.3) is 0 Å². The first-order valence-corrected chi connectivity index (χ1v) is 7.71. The molecular weight excluding hydrogens is 333 g/mol. The van der Waals surface area contributed by atoms with Crippen molar-refractivity contribution < 1.29 is 22.7 Å². The van der Waals surface area contributed by atoms with Crippen LogP contribution >= 0.6 is 0 Å².